The summed E-state index contributed by atoms with van der Waals surface area (Å²) < 4.78 is 0. The third-order valence-corrected chi connectivity index (χ3v) is 4.21. The first kappa shape index (κ1) is 18.5. The van der Waals surface area contributed by atoms with Gasteiger partial charge in [-0.1, -0.05) is 44.2 Å². The summed E-state index contributed by atoms with van der Waals surface area (Å²) in [7, 11) is 0. The largest absolute Gasteiger partial charge is 0.389 e. The number of aryl methyl sites for hydroxylation is 1. The Kier molecular flexibility index (Phi) is 6.79. The molecule has 1 unspecified atom stereocenters. The van der Waals surface area contributed by atoms with Crippen LogP contribution in [-0.4, -0.2) is 59.0 Å². The lowest BCUT2D eigenvalue weighted by molar-refractivity contribution is -0.139. The summed E-state index contributed by atoms with van der Waals surface area (Å²) in [6, 6.07) is 10.2. The maximum Gasteiger partial charge on any atom is 0.242 e. The van der Waals surface area contributed by atoms with E-state index in [4.69, 9.17) is 0 Å². The van der Waals surface area contributed by atoms with Crippen molar-refractivity contribution in [2.75, 3.05) is 26.2 Å². The van der Waals surface area contributed by atoms with E-state index in [2.05, 4.69) is 12.1 Å². The SMILES string of the molecule is CC(C)CC(=O)N1CC(=O)N(CCCc2ccccc2)CC(O)C1. The highest BCUT2D eigenvalue weighted by molar-refractivity contribution is 5.85. The van der Waals surface area contributed by atoms with Crippen LogP contribution in [0, 0.1) is 5.92 Å². The van der Waals surface area contributed by atoms with Gasteiger partial charge in [0, 0.05) is 26.1 Å². The molecule has 0 aromatic heterocycles. The minimum Gasteiger partial charge on any atom is -0.389 e. The lowest BCUT2D eigenvalue weighted by Crippen LogP contribution is -2.40. The minimum absolute atomic E-state index is 0.0523. The zero-order valence-electron chi connectivity index (χ0n) is 14.6. The van der Waals surface area contributed by atoms with E-state index >= 15 is 0 Å². The zero-order chi connectivity index (χ0) is 17.5. The van der Waals surface area contributed by atoms with Crippen molar-refractivity contribution < 1.29 is 14.7 Å². The zero-order valence-corrected chi connectivity index (χ0v) is 14.6. The highest BCUT2D eigenvalue weighted by Crippen LogP contribution is 2.11. The van der Waals surface area contributed by atoms with Crippen molar-refractivity contribution in [1.82, 2.24) is 9.80 Å². The lowest BCUT2D eigenvalue weighted by Gasteiger charge is -2.22. The molecule has 24 heavy (non-hydrogen) atoms. The second-order valence-electron chi connectivity index (χ2n) is 6.95. The van der Waals surface area contributed by atoms with Gasteiger partial charge in [-0.2, -0.15) is 0 Å². The first-order valence-electron chi connectivity index (χ1n) is 8.73. The van der Waals surface area contributed by atoms with Gasteiger partial charge in [-0.25, -0.2) is 0 Å². The van der Waals surface area contributed by atoms with Crippen molar-refractivity contribution in [2.45, 2.75) is 39.2 Å². The number of carbonyl (C=O) groups is 2. The second kappa shape index (κ2) is 8.83. The van der Waals surface area contributed by atoms with Gasteiger partial charge in [0.05, 0.1) is 12.6 Å². The van der Waals surface area contributed by atoms with Gasteiger partial charge < -0.3 is 14.9 Å². The number of aliphatic hydroxyl groups excluding tert-OH is 1. The Labute approximate surface area is 144 Å². The molecule has 1 heterocycles. The Bertz CT molecular complexity index is 545. The molecule has 2 amide bonds. The van der Waals surface area contributed by atoms with Crippen LogP contribution >= 0.6 is 0 Å². The van der Waals surface area contributed by atoms with Gasteiger partial charge in [-0.15, -0.1) is 0 Å². The molecule has 0 radical (unpaired) electrons. The third kappa shape index (κ3) is 5.64. The molecule has 5 nitrogen and oxygen atoms in total. The number of hydrogen-bond donors (Lipinski definition) is 1. The van der Waals surface area contributed by atoms with Crippen molar-refractivity contribution in [3.8, 4) is 0 Å². The number of hydrogen-bond acceptors (Lipinski definition) is 3. The Balaban J connectivity index is 1.88. The quantitative estimate of drug-likeness (QED) is 0.862. The Morgan fingerprint density at radius 3 is 2.62 bits per heavy atom. The van der Waals surface area contributed by atoms with Crippen LogP contribution in [0.1, 0.15) is 32.3 Å². The Morgan fingerprint density at radius 1 is 1.25 bits per heavy atom. The van der Waals surface area contributed by atoms with E-state index in [1.807, 2.05) is 32.0 Å². The van der Waals surface area contributed by atoms with Crippen LogP contribution < -0.4 is 0 Å². The van der Waals surface area contributed by atoms with Crippen LogP contribution in [-0.2, 0) is 16.0 Å². The first-order valence-corrected chi connectivity index (χ1v) is 8.73. The predicted molar refractivity (Wildman–Crippen MR) is 93.4 cm³/mol. The van der Waals surface area contributed by atoms with E-state index in [1.54, 1.807) is 4.90 Å². The predicted octanol–water partition coefficient (Wildman–Crippen LogP) is 1.70. The van der Waals surface area contributed by atoms with Gasteiger partial charge in [-0.3, -0.25) is 9.59 Å². The van der Waals surface area contributed by atoms with E-state index < -0.39 is 6.10 Å². The molecule has 1 aromatic carbocycles. The van der Waals surface area contributed by atoms with Gasteiger partial charge in [0.2, 0.25) is 11.8 Å². The monoisotopic (exact) mass is 332 g/mol. The number of benzene rings is 1. The van der Waals surface area contributed by atoms with Crippen LogP contribution in [0.5, 0.6) is 0 Å². The molecular formula is C19H28N2O3. The molecule has 1 fully saturated rings. The van der Waals surface area contributed by atoms with Crippen LogP contribution in [0.25, 0.3) is 0 Å². The number of nitrogens with zero attached hydrogens (tertiary/aromatic N) is 2. The third-order valence-electron chi connectivity index (χ3n) is 4.21. The fourth-order valence-electron chi connectivity index (χ4n) is 3.00. The molecule has 1 saturated heterocycles. The van der Waals surface area contributed by atoms with Gasteiger partial charge >= 0.3 is 0 Å². The smallest absolute Gasteiger partial charge is 0.242 e. The Morgan fingerprint density at radius 2 is 1.96 bits per heavy atom. The van der Waals surface area contributed by atoms with Crippen molar-refractivity contribution in [2.24, 2.45) is 5.92 Å². The van der Waals surface area contributed by atoms with Crippen LogP contribution in [0.4, 0.5) is 0 Å². The fourth-order valence-corrected chi connectivity index (χ4v) is 3.00. The summed E-state index contributed by atoms with van der Waals surface area (Å²) in [6.45, 7) is 5.18. The highest BCUT2D eigenvalue weighted by Gasteiger charge is 2.29. The Hall–Kier alpha value is -1.88. The maximum atomic E-state index is 12.4. The summed E-state index contributed by atoms with van der Waals surface area (Å²) in [6.07, 6.45) is 1.48. The van der Waals surface area contributed by atoms with Crippen molar-refractivity contribution in [3.05, 3.63) is 35.9 Å². The van der Waals surface area contributed by atoms with Gasteiger partial charge in [0.15, 0.2) is 0 Å². The highest BCUT2D eigenvalue weighted by atomic mass is 16.3. The average Bonchev–Trinajstić information content (AvgIpc) is 2.67. The van der Waals surface area contributed by atoms with E-state index in [1.165, 1.54) is 10.5 Å². The van der Waals surface area contributed by atoms with Crippen LogP contribution in [0.3, 0.4) is 0 Å². The molecule has 5 heteroatoms. The standard InChI is InChI=1S/C19H28N2O3/c1-15(2)11-18(23)21-13-17(22)12-20(19(24)14-21)10-6-9-16-7-4-3-5-8-16/h3-5,7-8,15,17,22H,6,9-14H2,1-2H3. The molecule has 0 aliphatic carbocycles. The molecule has 1 aromatic rings. The normalized spacial score (nSPS) is 18.8. The number of aliphatic hydroxyl groups is 1. The molecule has 0 spiro atoms. The van der Waals surface area contributed by atoms with E-state index in [9.17, 15) is 14.7 Å². The number of β-amino-alcohol motifs (C(OH)–C–C–N with tert-alkyl or cyclic N) is 1. The van der Waals surface area contributed by atoms with E-state index in [0.29, 0.717) is 19.5 Å². The summed E-state index contributed by atoms with van der Waals surface area (Å²) in [5.74, 6) is 0.121. The molecule has 0 bridgehead atoms. The molecule has 2 rings (SSSR count). The molecular weight excluding hydrogens is 304 g/mol. The lowest BCUT2D eigenvalue weighted by atomic mass is 10.1. The minimum atomic E-state index is -0.677. The molecule has 1 N–H and O–H groups in total. The summed E-state index contributed by atoms with van der Waals surface area (Å²) in [5.41, 5.74) is 1.24. The molecule has 0 saturated carbocycles. The van der Waals surface area contributed by atoms with Crippen LogP contribution in [0.15, 0.2) is 30.3 Å². The van der Waals surface area contributed by atoms with Gasteiger partial charge in [0.25, 0.3) is 0 Å². The van der Waals surface area contributed by atoms with Crippen LogP contribution in [0.2, 0.25) is 0 Å². The van der Waals surface area contributed by atoms with Crippen molar-refractivity contribution in [1.29, 1.82) is 0 Å². The summed E-state index contributed by atoms with van der Waals surface area (Å²) >= 11 is 0. The average molecular weight is 332 g/mol. The second-order valence-corrected chi connectivity index (χ2v) is 6.95. The molecule has 1 aliphatic rings. The van der Waals surface area contributed by atoms with Gasteiger partial charge in [-0.05, 0) is 24.3 Å². The molecule has 1 aliphatic heterocycles. The van der Waals surface area contributed by atoms with Crippen molar-refractivity contribution in [3.63, 3.8) is 0 Å². The fraction of sp³-hybridized carbons (Fsp3) is 0.579. The number of amides is 2. The van der Waals surface area contributed by atoms with Gasteiger partial charge in [0.1, 0.15) is 0 Å². The summed E-state index contributed by atoms with van der Waals surface area (Å²) in [5, 5.41) is 10.2. The number of rotatable bonds is 6. The molecule has 132 valence electrons. The van der Waals surface area contributed by atoms with Crippen molar-refractivity contribution >= 4 is 11.8 Å². The first-order chi connectivity index (χ1) is 11.5. The summed E-state index contributed by atoms with van der Waals surface area (Å²) in [4.78, 5) is 27.8. The topological polar surface area (TPSA) is 60.9 Å². The van der Waals surface area contributed by atoms with E-state index in [0.717, 1.165) is 12.8 Å². The number of carbonyl (C=O) groups excluding carboxylic acids is 2. The van der Waals surface area contributed by atoms with E-state index in [-0.39, 0.29) is 30.8 Å². The molecule has 1 atom stereocenters. The maximum absolute atomic E-state index is 12.4.